The zero-order valence-electron chi connectivity index (χ0n) is 59.3. The van der Waals surface area contributed by atoms with Crippen molar-refractivity contribution in [3.8, 4) is 0 Å². The van der Waals surface area contributed by atoms with E-state index in [9.17, 15) is 96.7 Å². The van der Waals surface area contributed by atoms with Crippen LogP contribution in [0.15, 0.2) is 47.6 Å². The van der Waals surface area contributed by atoms with Crippen molar-refractivity contribution in [2.45, 2.75) is 327 Å². The van der Waals surface area contributed by atoms with E-state index in [0.29, 0.717) is 57.1 Å². The minimum atomic E-state index is -1.87. The molecular formula is C72H133NO22. The van der Waals surface area contributed by atoms with Crippen molar-refractivity contribution in [2.24, 2.45) is 64.9 Å². The van der Waals surface area contributed by atoms with Gasteiger partial charge in [0, 0.05) is 60.2 Å². The SMILES string of the molecule is C/C1=C/C(C)C(O)/C(C)=C\C(O[C@H]2O[C@H](CO)[C@@H](O)[C@H](O)[C@@H]2O)C(O)C(C)C(O)CC(O)/C=C/C(C)C(O)C(C)CCC(O)CC(O)C(C)C(O)C(C)C(O)CC(O)CC(O)C(C)C(C(C)CCCCCCN)OC(=O)CCCCCC(O)C(C)C(O)CC/C=C\C(C)C1O. The molecule has 0 bridgehead atoms. The summed E-state index contributed by atoms with van der Waals surface area (Å²) in [6.45, 7) is 20.3. The average molecular weight is 1360 g/mol. The zero-order valence-corrected chi connectivity index (χ0v) is 59.3. The molecule has 31 atom stereocenters. The second-order valence-electron chi connectivity index (χ2n) is 29.0. The van der Waals surface area contributed by atoms with Crippen molar-refractivity contribution < 1.29 is 111 Å². The summed E-state index contributed by atoms with van der Waals surface area (Å²) in [5, 5.41) is 200. The third-order valence-corrected chi connectivity index (χ3v) is 20.8. The van der Waals surface area contributed by atoms with Crippen LogP contribution in [-0.4, -0.2) is 239 Å². The summed E-state index contributed by atoms with van der Waals surface area (Å²) in [6, 6.07) is 0. The van der Waals surface area contributed by atoms with Gasteiger partial charge in [0.25, 0.3) is 0 Å². The van der Waals surface area contributed by atoms with Crippen LogP contribution in [0.3, 0.4) is 0 Å². The van der Waals surface area contributed by atoms with E-state index in [4.69, 9.17) is 19.9 Å². The summed E-state index contributed by atoms with van der Waals surface area (Å²) in [6.07, 6.45) is -10.2. The zero-order chi connectivity index (χ0) is 72.1. The highest BCUT2D eigenvalue weighted by Gasteiger charge is 2.46. The van der Waals surface area contributed by atoms with Crippen LogP contribution in [-0.2, 0) is 19.0 Å². The van der Waals surface area contributed by atoms with Crippen molar-refractivity contribution in [1.82, 2.24) is 0 Å². The van der Waals surface area contributed by atoms with E-state index in [1.807, 2.05) is 26.0 Å². The van der Waals surface area contributed by atoms with E-state index in [1.54, 1.807) is 74.5 Å². The summed E-state index contributed by atoms with van der Waals surface area (Å²) in [5.74, 6) is -6.35. The maximum absolute atomic E-state index is 13.5. The molecule has 2 rings (SSSR count). The largest absolute Gasteiger partial charge is 0.462 e. The lowest BCUT2D eigenvalue weighted by Crippen LogP contribution is -2.60. The first-order chi connectivity index (χ1) is 44.5. The van der Waals surface area contributed by atoms with Gasteiger partial charge in [-0.15, -0.1) is 0 Å². The molecule has 0 radical (unpaired) electrons. The molecule has 0 aromatic carbocycles. The molecule has 0 spiro atoms. The van der Waals surface area contributed by atoms with Crippen molar-refractivity contribution in [3.05, 3.63) is 47.6 Å². The van der Waals surface area contributed by atoms with Gasteiger partial charge in [-0.1, -0.05) is 138 Å². The number of aliphatic hydroxyl groups is 18. The highest BCUT2D eigenvalue weighted by molar-refractivity contribution is 5.69. The second kappa shape index (κ2) is 45.5. The number of carbonyl (C=O) groups is 1. The highest BCUT2D eigenvalue weighted by atomic mass is 16.7. The average Bonchev–Trinajstić information content (AvgIpc) is 0.820. The molecule has 23 heteroatoms. The predicted octanol–water partition coefficient (Wildman–Crippen LogP) is 3.50. The third kappa shape index (κ3) is 30.4. The number of carbonyl (C=O) groups excluding carboxylic acids is 1. The van der Waals surface area contributed by atoms with E-state index >= 15 is 0 Å². The van der Waals surface area contributed by atoms with Crippen LogP contribution in [0, 0.1) is 59.2 Å². The van der Waals surface area contributed by atoms with Crippen molar-refractivity contribution in [3.63, 3.8) is 0 Å². The van der Waals surface area contributed by atoms with Gasteiger partial charge in [-0.3, -0.25) is 4.79 Å². The molecule has 558 valence electrons. The number of rotatable bonds is 10. The first-order valence-electron chi connectivity index (χ1n) is 35.6. The first kappa shape index (κ1) is 88.7. The van der Waals surface area contributed by atoms with E-state index in [-0.39, 0.29) is 55.9 Å². The number of hydrogen-bond donors (Lipinski definition) is 19. The van der Waals surface area contributed by atoms with E-state index in [2.05, 4.69) is 0 Å². The Morgan fingerprint density at radius 2 is 1.06 bits per heavy atom. The van der Waals surface area contributed by atoms with Gasteiger partial charge in [0.15, 0.2) is 6.29 Å². The summed E-state index contributed by atoms with van der Waals surface area (Å²) in [4.78, 5) is 13.5. The minimum Gasteiger partial charge on any atom is -0.462 e. The normalized spacial score (nSPS) is 44.3. The fraction of sp³-hybridized carbons (Fsp3) is 0.875. The van der Waals surface area contributed by atoms with Crippen LogP contribution in [0.1, 0.15) is 199 Å². The van der Waals surface area contributed by atoms with Gasteiger partial charge >= 0.3 is 5.97 Å². The Labute approximate surface area is 567 Å². The van der Waals surface area contributed by atoms with Crippen molar-refractivity contribution >= 4 is 5.97 Å². The van der Waals surface area contributed by atoms with E-state index in [1.165, 1.54) is 19.1 Å². The molecule has 0 aliphatic carbocycles. The van der Waals surface area contributed by atoms with Gasteiger partial charge < -0.3 is 112 Å². The Hall–Kier alpha value is -2.41. The first-order valence-corrected chi connectivity index (χ1v) is 35.6. The molecular weight excluding hydrogens is 1230 g/mol. The molecule has 23 nitrogen and oxygen atoms in total. The van der Waals surface area contributed by atoms with Crippen LogP contribution >= 0.6 is 0 Å². The molecule has 0 saturated carbocycles. The van der Waals surface area contributed by atoms with Gasteiger partial charge in [-0.2, -0.15) is 0 Å². The summed E-state index contributed by atoms with van der Waals surface area (Å²) < 4.78 is 17.8. The molecule has 1 saturated heterocycles. The topological polar surface area (TPSA) is 435 Å². The van der Waals surface area contributed by atoms with Gasteiger partial charge in [0.1, 0.15) is 36.6 Å². The molecule has 95 heavy (non-hydrogen) atoms. The van der Waals surface area contributed by atoms with Crippen LogP contribution in [0.4, 0.5) is 0 Å². The van der Waals surface area contributed by atoms with E-state index in [0.717, 1.165) is 32.1 Å². The van der Waals surface area contributed by atoms with Crippen LogP contribution < -0.4 is 5.73 Å². The van der Waals surface area contributed by atoms with Crippen LogP contribution in [0.5, 0.6) is 0 Å². The number of ether oxygens (including phenoxy) is 3. The second-order valence-corrected chi connectivity index (χ2v) is 29.0. The third-order valence-electron chi connectivity index (χ3n) is 20.8. The molecule has 1 fully saturated rings. The lowest BCUT2D eigenvalue weighted by atomic mass is 9.81. The number of allylic oxidation sites excluding steroid dienone is 1. The molecule has 20 N–H and O–H groups in total. The summed E-state index contributed by atoms with van der Waals surface area (Å²) in [7, 11) is 0. The predicted molar refractivity (Wildman–Crippen MR) is 362 cm³/mol. The maximum atomic E-state index is 13.5. The number of esters is 1. The lowest BCUT2D eigenvalue weighted by Gasteiger charge is -2.41. The fourth-order valence-electron chi connectivity index (χ4n) is 13.2. The Bertz CT molecular complexity index is 2190. The van der Waals surface area contributed by atoms with E-state index < -0.39 is 188 Å². The number of cyclic esters (lactones) is 1. The Balaban J connectivity index is 2.44. The Morgan fingerprint density at radius 3 is 1.67 bits per heavy atom. The van der Waals surface area contributed by atoms with Gasteiger partial charge in [-0.25, -0.2) is 0 Å². The number of aliphatic hydroxyl groups excluding tert-OH is 18. The smallest absolute Gasteiger partial charge is 0.306 e. The fourth-order valence-corrected chi connectivity index (χ4v) is 13.2. The highest BCUT2D eigenvalue weighted by Crippen LogP contribution is 2.33. The molecule has 2 aliphatic rings. The Kier molecular flexibility index (Phi) is 42.4. The lowest BCUT2D eigenvalue weighted by molar-refractivity contribution is -0.314. The number of nitrogens with two attached hydrogens (primary N) is 1. The van der Waals surface area contributed by atoms with Gasteiger partial charge in [-0.05, 0) is 114 Å². The number of hydrogen-bond acceptors (Lipinski definition) is 23. The monoisotopic (exact) mass is 1360 g/mol. The summed E-state index contributed by atoms with van der Waals surface area (Å²) in [5.41, 5.74) is 6.49. The van der Waals surface area contributed by atoms with Crippen molar-refractivity contribution in [2.75, 3.05) is 13.2 Å². The quantitative estimate of drug-likeness (QED) is 0.0845. The maximum Gasteiger partial charge on any atom is 0.306 e. The molecule has 2 aliphatic heterocycles. The van der Waals surface area contributed by atoms with Gasteiger partial charge in [0.2, 0.25) is 0 Å². The van der Waals surface area contributed by atoms with Crippen molar-refractivity contribution in [1.29, 1.82) is 0 Å². The van der Waals surface area contributed by atoms with Crippen LogP contribution in [0.25, 0.3) is 0 Å². The molecule has 26 unspecified atom stereocenters. The molecule has 2 heterocycles. The summed E-state index contributed by atoms with van der Waals surface area (Å²) >= 11 is 0. The molecule has 0 aromatic heterocycles. The molecule has 0 aromatic rings. The van der Waals surface area contributed by atoms with Gasteiger partial charge in [0.05, 0.1) is 92.1 Å². The Morgan fingerprint density at radius 1 is 0.516 bits per heavy atom. The van der Waals surface area contributed by atoms with Crippen LogP contribution in [0.2, 0.25) is 0 Å². The molecule has 0 amide bonds. The number of unbranched alkanes of at least 4 members (excludes halogenated alkanes) is 3. The minimum absolute atomic E-state index is 0.104. The standard InChI is InChI=1S/C72H133NO22/c1-39-22-19-20-25-55(79)46(8)54(78)24-17-15-18-26-62(84)95-71(42(4)23-16-13-14-21-31-73)50(12)59(83)37-53(77)36-58(82)48(10)66(88)47(9)56(80)34-51(75)29-27-40(2)63(85)41(3)28-30-52(76)35-57(81)49(11)67(89)60(33-45(7)65(87)44(6)32-43(5)64(39)86)93-72-70(92)69(91)68(90)61(38-74)94-72/h19,22,28,30,32-33,39-42,44,46-61,63-72,74-83,85-92H,13-18,20-21,23-27,29,31,34-38,73H2,1-12H3/b22-19-,30-28+,43-32-,45-33-/t39?,40?,41?,42?,44?,46?,47?,48?,49?,50?,51?,52?,53?,54?,55?,56?,57?,58?,59?,60?,61-,63?,64?,65?,66?,67?,68-,69+,70+,71?,72+/m1/s1.